The fourth-order valence-electron chi connectivity index (χ4n) is 3.70. The molecule has 33 heavy (non-hydrogen) atoms. The third-order valence-electron chi connectivity index (χ3n) is 5.50. The normalized spacial score (nSPS) is 12.7. The number of anilines is 1. The van der Waals surface area contributed by atoms with Gasteiger partial charge in [-0.05, 0) is 54.8 Å². The van der Waals surface area contributed by atoms with Gasteiger partial charge in [0, 0.05) is 6.04 Å². The van der Waals surface area contributed by atoms with Gasteiger partial charge in [0.05, 0.1) is 18.5 Å². The van der Waals surface area contributed by atoms with E-state index < -0.39 is 6.04 Å². The van der Waals surface area contributed by atoms with Gasteiger partial charge in [-0.25, -0.2) is 9.67 Å². The molecule has 3 aromatic carbocycles. The summed E-state index contributed by atoms with van der Waals surface area (Å²) in [7, 11) is 1.60. The van der Waals surface area contributed by atoms with Crippen molar-refractivity contribution in [2.24, 2.45) is 0 Å². The smallest absolute Gasteiger partial charge is 0.246 e. The summed E-state index contributed by atoms with van der Waals surface area (Å²) < 4.78 is 7.14. The number of nitrogens with zero attached hydrogens (tertiary/aromatic N) is 3. The Morgan fingerprint density at radius 2 is 1.76 bits per heavy atom. The lowest BCUT2D eigenvalue weighted by Gasteiger charge is -2.24. The first kappa shape index (κ1) is 22.2. The molecule has 0 spiro atoms. The molecule has 0 aliphatic rings. The minimum Gasteiger partial charge on any atom is -0.495 e. The number of aromatic nitrogens is 3. The van der Waals surface area contributed by atoms with E-state index in [0.717, 1.165) is 22.4 Å². The second kappa shape index (κ2) is 10.1. The molecule has 0 bridgehead atoms. The summed E-state index contributed by atoms with van der Waals surface area (Å²) in [6.07, 6.45) is 3.16. The molecule has 1 heterocycles. The molecule has 0 radical (unpaired) electrons. The van der Waals surface area contributed by atoms with Crippen LogP contribution in [0.4, 0.5) is 5.69 Å². The fourth-order valence-corrected chi connectivity index (χ4v) is 3.70. The van der Waals surface area contributed by atoms with E-state index in [2.05, 4.69) is 20.7 Å². The number of rotatable bonds is 8. The highest BCUT2D eigenvalue weighted by atomic mass is 16.5. The van der Waals surface area contributed by atoms with Crippen molar-refractivity contribution in [1.29, 1.82) is 0 Å². The molecule has 0 fully saturated rings. The molecule has 0 unspecified atom stereocenters. The highest BCUT2D eigenvalue weighted by molar-refractivity contribution is 5.96. The van der Waals surface area contributed by atoms with Gasteiger partial charge in [0.2, 0.25) is 5.91 Å². The minimum absolute atomic E-state index is 0.0786. The van der Waals surface area contributed by atoms with Crippen LogP contribution in [0.5, 0.6) is 5.75 Å². The zero-order chi connectivity index (χ0) is 23.2. The molecule has 4 rings (SSSR count). The van der Waals surface area contributed by atoms with E-state index in [1.807, 2.05) is 86.6 Å². The van der Waals surface area contributed by atoms with E-state index in [9.17, 15) is 4.79 Å². The van der Waals surface area contributed by atoms with E-state index in [1.54, 1.807) is 18.1 Å². The van der Waals surface area contributed by atoms with Gasteiger partial charge < -0.3 is 10.1 Å². The number of hydrogen-bond acceptors (Lipinski definition) is 5. The van der Waals surface area contributed by atoms with E-state index >= 15 is 0 Å². The topological polar surface area (TPSA) is 81.1 Å². The zero-order valence-corrected chi connectivity index (χ0v) is 18.9. The molecule has 7 heteroatoms. The SMILES string of the molecule is COc1ccc(C)cc1NC(=O)[C@@H](N[C@H](C)c1ccc(-n2cncn2)cc1)c1ccccc1. The molecule has 0 aliphatic carbocycles. The van der Waals surface area contributed by atoms with Crippen LogP contribution in [-0.2, 0) is 4.79 Å². The van der Waals surface area contributed by atoms with Crippen LogP contribution >= 0.6 is 0 Å². The fraction of sp³-hybridized carbons (Fsp3) is 0.192. The van der Waals surface area contributed by atoms with Crippen LogP contribution in [-0.4, -0.2) is 27.8 Å². The van der Waals surface area contributed by atoms with Crippen LogP contribution in [0.2, 0.25) is 0 Å². The van der Waals surface area contributed by atoms with E-state index in [1.165, 1.54) is 6.33 Å². The van der Waals surface area contributed by atoms with Crippen LogP contribution in [0.1, 0.15) is 35.7 Å². The van der Waals surface area contributed by atoms with Crippen molar-refractivity contribution < 1.29 is 9.53 Å². The lowest BCUT2D eigenvalue weighted by molar-refractivity contribution is -0.118. The average Bonchev–Trinajstić information content (AvgIpc) is 3.38. The van der Waals surface area contributed by atoms with Gasteiger partial charge >= 0.3 is 0 Å². The van der Waals surface area contributed by atoms with E-state index in [0.29, 0.717) is 11.4 Å². The van der Waals surface area contributed by atoms with Gasteiger partial charge in [-0.2, -0.15) is 5.10 Å². The van der Waals surface area contributed by atoms with Gasteiger partial charge in [-0.3, -0.25) is 10.1 Å². The summed E-state index contributed by atoms with van der Waals surface area (Å²) in [4.78, 5) is 17.4. The summed E-state index contributed by atoms with van der Waals surface area (Å²) >= 11 is 0. The Hall–Kier alpha value is -3.97. The van der Waals surface area contributed by atoms with Crippen molar-refractivity contribution in [2.45, 2.75) is 25.9 Å². The number of amides is 1. The Morgan fingerprint density at radius 1 is 1.00 bits per heavy atom. The number of methoxy groups -OCH3 is 1. The molecule has 4 aromatic rings. The van der Waals surface area contributed by atoms with Crippen LogP contribution < -0.4 is 15.4 Å². The number of nitrogens with one attached hydrogen (secondary N) is 2. The molecule has 1 amide bonds. The Kier molecular flexibility index (Phi) is 6.80. The lowest BCUT2D eigenvalue weighted by atomic mass is 10.0. The maximum atomic E-state index is 13.4. The van der Waals surface area contributed by atoms with Gasteiger partial charge in [0.15, 0.2) is 0 Å². The number of hydrogen-bond donors (Lipinski definition) is 2. The maximum absolute atomic E-state index is 13.4. The first-order chi connectivity index (χ1) is 16.0. The molecule has 0 saturated heterocycles. The quantitative estimate of drug-likeness (QED) is 0.417. The van der Waals surface area contributed by atoms with Crippen LogP contribution in [0.15, 0.2) is 85.5 Å². The van der Waals surface area contributed by atoms with E-state index in [4.69, 9.17) is 4.74 Å². The van der Waals surface area contributed by atoms with E-state index in [-0.39, 0.29) is 11.9 Å². The van der Waals surface area contributed by atoms with Gasteiger partial charge in [-0.15, -0.1) is 0 Å². The molecule has 2 atom stereocenters. The number of ether oxygens (including phenoxy) is 1. The monoisotopic (exact) mass is 441 g/mol. The lowest BCUT2D eigenvalue weighted by Crippen LogP contribution is -2.34. The largest absolute Gasteiger partial charge is 0.495 e. The predicted octanol–water partition coefficient (Wildman–Crippen LogP) is 4.61. The third-order valence-corrected chi connectivity index (χ3v) is 5.50. The molecule has 2 N–H and O–H groups in total. The first-order valence-corrected chi connectivity index (χ1v) is 10.8. The van der Waals surface area contributed by atoms with Crippen molar-refractivity contribution in [2.75, 3.05) is 12.4 Å². The van der Waals surface area contributed by atoms with Crippen molar-refractivity contribution in [3.8, 4) is 11.4 Å². The Labute approximate surface area is 193 Å². The average molecular weight is 442 g/mol. The van der Waals surface area contributed by atoms with Crippen molar-refractivity contribution in [1.82, 2.24) is 20.1 Å². The highest BCUT2D eigenvalue weighted by Crippen LogP contribution is 2.28. The summed E-state index contributed by atoms with van der Waals surface area (Å²) in [6, 6.07) is 22.8. The maximum Gasteiger partial charge on any atom is 0.246 e. The predicted molar refractivity (Wildman–Crippen MR) is 128 cm³/mol. The molecule has 7 nitrogen and oxygen atoms in total. The van der Waals surface area contributed by atoms with Crippen LogP contribution in [0.25, 0.3) is 5.69 Å². The third kappa shape index (κ3) is 5.27. The van der Waals surface area contributed by atoms with Crippen LogP contribution in [0, 0.1) is 6.92 Å². The standard InChI is InChI=1S/C26H27N5O2/c1-18-9-14-24(33-3)23(15-18)30-26(32)25(21-7-5-4-6-8-21)29-19(2)20-10-12-22(13-11-20)31-17-27-16-28-31/h4-17,19,25,29H,1-3H3,(H,30,32)/t19-,25+/m1/s1. The van der Waals surface area contributed by atoms with Crippen molar-refractivity contribution >= 4 is 11.6 Å². The van der Waals surface area contributed by atoms with Gasteiger partial charge in [0.25, 0.3) is 0 Å². The van der Waals surface area contributed by atoms with Crippen molar-refractivity contribution in [3.05, 3.63) is 102 Å². The highest BCUT2D eigenvalue weighted by Gasteiger charge is 2.24. The molecular formula is C26H27N5O2. The summed E-state index contributed by atoms with van der Waals surface area (Å²) in [5, 5.41) is 10.7. The summed E-state index contributed by atoms with van der Waals surface area (Å²) in [6.45, 7) is 4.02. The minimum atomic E-state index is -0.554. The molecule has 168 valence electrons. The van der Waals surface area contributed by atoms with Gasteiger partial charge in [-0.1, -0.05) is 48.5 Å². The summed E-state index contributed by atoms with van der Waals surface area (Å²) in [5.74, 6) is 0.466. The Morgan fingerprint density at radius 3 is 2.42 bits per heavy atom. The molecular weight excluding hydrogens is 414 g/mol. The second-order valence-corrected chi connectivity index (χ2v) is 7.86. The first-order valence-electron chi connectivity index (χ1n) is 10.8. The number of aryl methyl sites for hydroxylation is 1. The molecule has 0 aliphatic heterocycles. The Bertz CT molecular complexity index is 1190. The van der Waals surface area contributed by atoms with Crippen molar-refractivity contribution in [3.63, 3.8) is 0 Å². The number of carbonyl (C=O) groups excluding carboxylic acids is 1. The summed E-state index contributed by atoms with van der Waals surface area (Å²) in [5.41, 5.74) is 4.55. The van der Waals surface area contributed by atoms with Gasteiger partial charge in [0.1, 0.15) is 24.4 Å². The second-order valence-electron chi connectivity index (χ2n) is 7.86. The number of carbonyl (C=O) groups is 1. The number of benzene rings is 3. The molecule has 0 saturated carbocycles. The molecule has 1 aromatic heterocycles. The Balaban J connectivity index is 1.56. The van der Waals surface area contributed by atoms with Crippen LogP contribution in [0.3, 0.4) is 0 Å². The zero-order valence-electron chi connectivity index (χ0n) is 18.9.